The minimum Gasteiger partial charge on any atom is -0.508 e. The summed E-state index contributed by atoms with van der Waals surface area (Å²) < 4.78 is 11.7. The Morgan fingerprint density at radius 2 is 1.68 bits per heavy atom. The van der Waals surface area contributed by atoms with Gasteiger partial charge in [-0.15, -0.1) is 0 Å². The molecular weight excluding hydrogens is 460 g/mol. The fraction of sp³-hybridized carbons (Fsp3) is 0.438. The van der Waals surface area contributed by atoms with Crippen LogP contribution in [0.2, 0.25) is 0 Å². The minimum absolute atomic E-state index is 0.0273. The van der Waals surface area contributed by atoms with E-state index >= 15 is 0 Å². The molecule has 0 saturated heterocycles. The van der Waals surface area contributed by atoms with Crippen molar-refractivity contribution in [2.75, 3.05) is 39.3 Å². The summed E-state index contributed by atoms with van der Waals surface area (Å²) in [4.78, 5) is 4.62. The zero-order chi connectivity index (χ0) is 26.6. The van der Waals surface area contributed by atoms with Crippen LogP contribution < -0.4 is 14.4 Å². The first-order chi connectivity index (χ1) is 17.7. The quantitative estimate of drug-likeness (QED) is 0.347. The molecule has 37 heavy (non-hydrogen) atoms. The number of anilines is 1. The first-order valence-corrected chi connectivity index (χ1v) is 13.3. The summed E-state index contributed by atoms with van der Waals surface area (Å²) in [7, 11) is 5.89. The van der Waals surface area contributed by atoms with Gasteiger partial charge in [0.1, 0.15) is 23.9 Å². The molecule has 0 heterocycles. The van der Waals surface area contributed by atoms with Gasteiger partial charge in [0.25, 0.3) is 0 Å². The van der Waals surface area contributed by atoms with E-state index in [-0.39, 0.29) is 5.54 Å². The smallest absolute Gasteiger partial charge is 0.120 e. The highest BCUT2D eigenvalue weighted by atomic mass is 16.5. The van der Waals surface area contributed by atoms with Gasteiger partial charge in [-0.1, -0.05) is 24.3 Å². The van der Waals surface area contributed by atoms with Crippen molar-refractivity contribution in [3.8, 4) is 17.2 Å². The van der Waals surface area contributed by atoms with E-state index in [1.54, 1.807) is 7.11 Å². The second-order valence-electron chi connectivity index (χ2n) is 11.0. The third-order valence-corrected chi connectivity index (χ3v) is 7.92. The third-order valence-electron chi connectivity index (χ3n) is 7.92. The van der Waals surface area contributed by atoms with Crippen molar-refractivity contribution in [2.45, 2.75) is 58.0 Å². The maximum atomic E-state index is 9.89. The molecule has 1 atom stereocenters. The van der Waals surface area contributed by atoms with E-state index in [1.165, 1.54) is 27.9 Å². The van der Waals surface area contributed by atoms with Crippen LogP contribution in [0.5, 0.6) is 17.2 Å². The highest BCUT2D eigenvalue weighted by Crippen LogP contribution is 2.40. The van der Waals surface area contributed by atoms with E-state index in [9.17, 15) is 5.11 Å². The SMILES string of the molecule is CCN(Cc1ccc(OCC(C)(C)N(C)C)cc1)c1cc(OC)ccc1C1CCc2cc(O)ccc2C1. The van der Waals surface area contributed by atoms with Gasteiger partial charge in [-0.3, -0.25) is 0 Å². The summed E-state index contributed by atoms with van der Waals surface area (Å²) in [6.45, 7) is 8.92. The Kier molecular flexibility index (Phi) is 8.33. The lowest BCUT2D eigenvalue weighted by molar-refractivity contribution is 0.114. The van der Waals surface area contributed by atoms with Crippen molar-refractivity contribution in [3.63, 3.8) is 0 Å². The summed E-state index contributed by atoms with van der Waals surface area (Å²) in [5.74, 6) is 2.57. The number of methoxy groups -OCH3 is 1. The van der Waals surface area contributed by atoms with Crippen LogP contribution in [0.15, 0.2) is 60.7 Å². The number of aryl methyl sites for hydroxylation is 1. The van der Waals surface area contributed by atoms with Gasteiger partial charge in [-0.2, -0.15) is 0 Å². The number of benzene rings is 3. The fourth-order valence-electron chi connectivity index (χ4n) is 4.94. The van der Waals surface area contributed by atoms with Gasteiger partial charge in [-0.05, 0) is 113 Å². The van der Waals surface area contributed by atoms with Crippen LogP contribution in [0.3, 0.4) is 0 Å². The number of ether oxygens (including phenoxy) is 2. The second-order valence-corrected chi connectivity index (χ2v) is 11.0. The first kappa shape index (κ1) is 26.9. The molecule has 1 N–H and O–H groups in total. The highest BCUT2D eigenvalue weighted by Gasteiger charge is 2.25. The van der Waals surface area contributed by atoms with Crippen LogP contribution in [0.4, 0.5) is 5.69 Å². The Morgan fingerprint density at radius 1 is 0.946 bits per heavy atom. The Labute approximate surface area is 222 Å². The van der Waals surface area contributed by atoms with Gasteiger partial charge in [-0.25, -0.2) is 0 Å². The fourth-order valence-corrected chi connectivity index (χ4v) is 4.94. The maximum absolute atomic E-state index is 9.89. The van der Waals surface area contributed by atoms with Crippen molar-refractivity contribution in [1.29, 1.82) is 0 Å². The molecule has 0 bridgehead atoms. The number of rotatable bonds is 10. The number of hydrogen-bond donors (Lipinski definition) is 1. The van der Waals surface area contributed by atoms with Crippen molar-refractivity contribution >= 4 is 5.69 Å². The topological polar surface area (TPSA) is 45.2 Å². The Bertz CT molecular complexity index is 1190. The average molecular weight is 503 g/mol. The number of aromatic hydroxyl groups is 1. The summed E-state index contributed by atoms with van der Waals surface area (Å²) in [6.07, 6.45) is 3.04. The number of phenols is 1. The molecule has 0 saturated carbocycles. The van der Waals surface area contributed by atoms with E-state index in [0.29, 0.717) is 18.3 Å². The summed E-state index contributed by atoms with van der Waals surface area (Å²) >= 11 is 0. The molecule has 0 spiro atoms. The molecule has 0 radical (unpaired) electrons. The number of likely N-dealkylation sites (N-methyl/N-ethyl adjacent to an activating group) is 1. The summed E-state index contributed by atoms with van der Waals surface area (Å²) in [5.41, 5.74) is 6.44. The lowest BCUT2D eigenvalue weighted by atomic mass is 9.79. The van der Waals surface area contributed by atoms with Gasteiger partial charge in [0.2, 0.25) is 0 Å². The molecule has 3 aromatic rings. The van der Waals surface area contributed by atoms with Crippen LogP contribution in [0.1, 0.15) is 55.4 Å². The van der Waals surface area contributed by atoms with Crippen LogP contribution in [0, 0.1) is 0 Å². The zero-order valence-electron chi connectivity index (χ0n) is 23.3. The monoisotopic (exact) mass is 502 g/mol. The van der Waals surface area contributed by atoms with Crippen LogP contribution in [-0.4, -0.2) is 49.9 Å². The Morgan fingerprint density at radius 3 is 2.35 bits per heavy atom. The number of fused-ring (bicyclic) bond motifs is 1. The molecule has 1 aliphatic rings. The summed E-state index contributed by atoms with van der Waals surface area (Å²) in [5, 5.41) is 9.89. The second kappa shape index (κ2) is 11.5. The molecule has 4 rings (SSSR count). The predicted molar refractivity (Wildman–Crippen MR) is 152 cm³/mol. The lowest BCUT2D eigenvalue weighted by Crippen LogP contribution is -2.43. The summed E-state index contributed by atoms with van der Waals surface area (Å²) in [6, 6.07) is 20.8. The van der Waals surface area contributed by atoms with E-state index in [1.807, 2.05) is 12.1 Å². The van der Waals surface area contributed by atoms with E-state index < -0.39 is 0 Å². The van der Waals surface area contributed by atoms with Crippen LogP contribution in [0.25, 0.3) is 0 Å². The molecule has 5 heteroatoms. The normalized spacial score (nSPS) is 15.4. The van der Waals surface area contributed by atoms with Crippen LogP contribution in [-0.2, 0) is 19.4 Å². The minimum atomic E-state index is -0.0273. The third kappa shape index (κ3) is 6.40. The Hall–Kier alpha value is -3.18. The maximum Gasteiger partial charge on any atom is 0.120 e. The Balaban J connectivity index is 1.53. The number of nitrogens with zero attached hydrogens (tertiary/aromatic N) is 2. The van der Waals surface area contributed by atoms with Gasteiger partial charge < -0.3 is 24.4 Å². The van der Waals surface area contributed by atoms with Crippen molar-refractivity contribution in [3.05, 3.63) is 82.9 Å². The molecule has 1 unspecified atom stereocenters. The van der Waals surface area contributed by atoms with Crippen LogP contribution >= 0.6 is 0 Å². The van der Waals surface area contributed by atoms with Gasteiger partial charge >= 0.3 is 0 Å². The molecule has 5 nitrogen and oxygen atoms in total. The molecule has 0 amide bonds. The van der Waals surface area contributed by atoms with E-state index in [0.717, 1.165) is 43.9 Å². The lowest BCUT2D eigenvalue weighted by Gasteiger charge is -2.32. The van der Waals surface area contributed by atoms with Crippen molar-refractivity contribution < 1.29 is 14.6 Å². The number of phenolic OH excluding ortho intramolecular Hbond substituents is 1. The first-order valence-electron chi connectivity index (χ1n) is 13.3. The predicted octanol–water partition coefficient (Wildman–Crippen LogP) is 6.42. The molecule has 0 aliphatic heterocycles. The zero-order valence-corrected chi connectivity index (χ0v) is 23.3. The average Bonchev–Trinajstić information content (AvgIpc) is 2.90. The molecule has 1 aliphatic carbocycles. The van der Waals surface area contributed by atoms with E-state index in [2.05, 4.69) is 93.2 Å². The highest BCUT2D eigenvalue weighted by molar-refractivity contribution is 5.60. The molecular formula is C32H42N2O3. The standard InChI is InChI=1S/C32H42N2O3/c1-7-34(21-23-8-14-28(15-9-23)37-22-32(2,3)33(4)5)31-20-29(36-6)16-17-30(31)26-11-10-25-19-27(35)13-12-24(25)18-26/h8-9,12-17,19-20,26,35H,7,10-11,18,21-22H2,1-6H3. The molecule has 3 aromatic carbocycles. The van der Waals surface area contributed by atoms with E-state index in [4.69, 9.17) is 9.47 Å². The van der Waals surface area contributed by atoms with Gasteiger partial charge in [0.05, 0.1) is 7.11 Å². The molecule has 0 fully saturated rings. The molecule has 0 aromatic heterocycles. The largest absolute Gasteiger partial charge is 0.508 e. The number of hydrogen-bond acceptors (Lipinski definition) is 5. The molecule has 198 valence electrons. The van der Waals surface area contributed by atoms with Crippen molar-refractivity contribution in [2.24, 2.45) is 0 Å². The van der Waals surface area contributed by atoms with Gasteiger partial charge in [0, 0.05) is 30.4 Å². The van der Waals surface area contributed by atoms with Crippen molar-refractivity contribution in [1.82, 2.24) is 4.90 Å². The van der Waals surface area contributed by atoms with Gasteiger partial charge in [0.15, 0.2) is 0 Å².